The van der Waals surface area contributed by atoms with E-state index in [1.807, 2.05) is 35.2 Å². The Balaban J connectivity index is 1.46. The molecule has 0 bridgehead atoms. The molecular weight excluding hydrogens is 635 g/mol. The van der Waals surface area contributed by atoms with Crippen molar-refractivity contribution in [2.75, 3.05) is 46.5 Å². The first kappa shape index (κ1) is 29.8. The van der Waals surface area contributed by atoms with Crippen LogP contribution in [-0.4, -0.2) is 81.4 Å². The molecule has 9 nitrogen and oxygen atoms in total. The molecule has 0 unspecified atom stereocenters. The predicted molar refractivity (Wildman–Crippen MR) is 155 cm³/mol. The van der Waals surface area contributed by atoms with Gasteiger partial charge >= 0.3 is 0 Å². The normalized spacial score (nSPS) is 19.9. The highest BCUT2D eigenvalue weighted by atomic mass is 127. The first-order valence-corrected chi connectivity index (χ1v) is 15.6. The molecule has 1 amide bonds. The Bertz CT molecular complexity index is 1230. The maximum atomic E-state index is 13.3. The lowest BCUT2D eigenvalue weighted by atomic mass is 9.93. The maximum Gasteiger partial charge on any atom is 0.288 e. The van der Waals surface area contributed by atoms with Crippen molar-refractivity contribution in [3.8, 4) is 5.75 Å². The van der Waals surface area contributed by atoms with Gasteiger partial charge in [-0.05, 0) is 89.9 Å². The van der Waals surface area contributed by atoms with Crippen LogP contribution in [0.1, 0.15) is 37.2 Å². The summed E-state index contributed by atoms with van der Waals surface area (Å²) in [6.45, 7) is 1.05. The molecule has 0 aromatic heterocycles. The molecule has 1 N–H and O–H groups in total. The van der Waals surface area contributed by atoms with E-state index in [-0.39, 0.29) is 48.8 Å². The number of sulfonamides is 1. The van der Waals surface area contributed by atoms with E-state index in [0.717, 1.165) is 28.4 Å². The van der Waals surface area contributed by atoms with E-state index in [9.17, 15) is 18.3 Å². The van der Waals surface area contributed by atoms with E-state index in [1.54, 1.807) is 12.1 Å². The number of piperidine rings is 1. The average molecular weight is 671 g/mol. The summed E-state index contributed by atoms with van der Waals surface area (Å²) in [5, 5.41) is 9.54. The highest BCUT2D eigenvalue weighted by Gasteiger charge is 2.32. The zero-order valence-corrected chi connectivity index (χ0v) is 25.0. The summed E-state index contributed by atoms with van der Waals surface area (Å²) in [6.07, 6.45) is 4.71. The fraction of sp³-hybridized carbons (Fsp3) is 0.464. The zero-order chi connectivity index (χ0) is 27.8. The third kappa shape index (κ3) is 7.72. The Morgan fingerprint density at radius 3 is 2.41 bits per heavy atom. The van der Waals surface area contributed by atoms with Crippen molar-refractivity contribution < 1.29 is 32.5 Å². The van der Waals surface area contributed by atoms with E-state index in [0.29, 0.717) is 25.3 Å². The minimum atomic E-state index is -3.86. The Hall–Kier alpha value is -2.19. The SMILES string of the molecule is COc1ccc(S(=O)(=O)N(CCO)CCO[C@@H]2C[C@H](c3ccc(I)cc3)C=C(C(=O)N3CCCCC3)O2)cc1. The van der Waals surface area contributed by atoms with Crippen LogP contribution in [0.4, 0.5) is 0 Å². The number of amides is 1. The number of nitrogens with zero attached hydrogens (tertiary/aromatic N) is 2. The number of ether oxygens (including phenoxy) is 3. The van der Waals surface area contributed by atoms with Gasteiger partial charge in [0.15, 0.2) is 5.76 Å². The number of carbonyl (C=O) groups excluding carboxylic acids is 1. The lowest BCUT2D eigenvalue weighted by molar-refractivity contribution is -0.153. The Morgan fingerprint density at radius 2 is 1.77 bits per heavy atom. The van der Waals surface area contributed by atoms with E-state index in [2.05, 4.69) is 22.6 Å². The summed E-state index contributed by atoms with van der Waals surface area (Å²) < 4.78 is 45.9. The summed E-state index contributed by atoms with van der Waals surface area (Å²) in [6, 6.07) is 14.2. The molecule has 0 spiro atoms. The monoisotopic (exact) mass is 670 g/mol. The van der Waals surface area contributed by atoms with Gasteiger partial charge in [-0.1, -0.05) is 12.1 Å². The first-order chi connectivity index (χ1) is 18.8. The van der Waals surface area contributed by atoms with Gasteiger partial charge in [-0.25, -0.2) is 8.42 Å². The molecule has 2 heterocycles. The van der Waals surface area contributed by atoms with Gasteiger partial charge in [0.25, 0.3) is 5.91 Å². The molecule has 1 saturated heterocycles. The molecular formula is C28H35IN2O7S. The second kappa shape index (κ2) is 13.9. The minimum Gasteiger partial charge on any atom is -0.497 e. The van der Waals surface area contributed by atoms with E-state index in [1.165, 1.54) is 23.5 Å². The Kier molecular flexibility index (Phi) is 10.6. The molecule has 39 heavy (non-hydrogen) atoms. The number of benzene rings is 2. The average Bonchev–Trinajstić information content (AvgIpc) is 2.97. The molecule has 0 radical (unpaired) electrons. The van der Waals surface area contributed by atoms with Crippen LogP contribution in [0.15, 0.2) is 65.3 Å². The summed E-state index contributed by atoms with van der Waals surface area (Å²) in [7, 11) is -2.35. The van der Waals surface area contributed by atoms with Crippen LogP contribution in [0.5, 0.6) is 5.75 Å². The molecule has 2 aromatic carbocycles. The number of allylic oxidation sites excluding steroid dienone is 1. The van der Waals surface area contributed by atoms with Crippen LogP contribution < -0.4 is 4.74 Å². The van der Waals surface area contributed by atoms with Gasteiger partial charge in [-0.15, -0.1) is 0 Å². The standard InChI is InChI=1S/C28H35IN2O7S/c1-36-24-9-11-25(12-10-24)39(34,35)31(15-17-32)16-18-37-27-20-22(21-5-7-23(29)8-6-21)19-26(38-27)28(33)30-13-3-2-4-14-30/h5-12,19,22,27,32H,2-4,13-18,20H2,1H3/t22-,27+/m1/s1. The van der Waals surface area contributed by atoms with Crippen LogP contribution >= 0.6 is 22.6 Å². The molecule has 4 rings (SSSR count). The summed E-state index contributed by atoms with van der Waals surface area (Å²) >= 11 is 2.26. The lowest BCUT2D eigenvalue weighted by Crippen LogP contribution is -2.40. The molecule has 0 saturated carbocycles. The largest absolute Gasteiger partial charge is 0.497 e. The van der Waals surface area contributed by atoms with Gasteiger partial charge in [0, 0.05) is 42.1 Å². The number of aliphatic hydroxyl groups excluding tert-OH is 1. The fourth-order valence-corrected chi connectivity index (χ4v) is 6.53. The van der Waals surface area contributed by atoms with Crippen LogP contribution in [0.2, 0.25) is 0 Å². The third-order valence-electron chi connectivity index (χ3n) is 6.90. The molecule has 2 aliphatic rings. The number of hydrogen-bond donors (Lipinski definition) is 1. The van der Waals surface area contributed by atoms with Gasteiger partial charge < -0.3 is 24.2 Å². The van der Waals surface area contributed by atoms with Gasteiger partial charge in [0.1, 0.15) is 5.75 Å². The molecule has 2 aliphatic heterocycles. The van der Waals surface area contributed by atoms with Crippen LogP contribution in [0.3, 0.4) is 0 Å². The molecule has 11 heteroatoms. The van der Waals surface area contributed by atoms with Crippen molar-refractivity contribution >= 4 is 38.5 Å². The number of likely N-dealkylation sites (tertiary alicyclic amines) is 1. The first-order valence-electron chi connectivity index (χ1n) is 13.1. The molecule has 2 atom stereocenters. The predicted octanol–water partition coefficient (Wildman–Crippen LogP) is 3.73. The topological polar surface area (TPSA) is 106 Å². The number of rotatable bonds is 11. The number of carbonyl (C=O) groups is 1. The molecule has 212 valence electrons. The van der Waals surface area contributed by atoms with Crippen molar-refractivity contribution in [3.63, 3.8) is 0 Å². The van der Waals surface area contributed by atoms with E-state index >= 15 is 0 Å². The van der Waals surface area contributed by atoms with Gasteiger partial charge in [-0.2, -0.15) is 4.31 Å². The smallest absolute Gasteiger partial charge is 0.288 e. The van der Waals surface area contributed by atoms with Crippen molar-refractivity contribution in [2.24, 2.45) is 0 Å². The van der Waals surface area contributed by atoms with Crippen molar-refractivity contribution in [1.29, 1.82) is 0 Å². The number of aliphatic hydroxyl groups is 1. The van der Waals surface area contributed by atoms with Crippen molar-refractivity contribution in [1.82, 2.24) is 9.21 Å². The summed E-state index contributed by atoms with van der Waals surface area (Å²) in [5.41, 5.74) is 1.06. The number of hydrogen-bond acceptors (Lipinski definition) is 7. The van der Waals surface area contributed by atoms with Crippen LogP contribution in [-0.2, 0) is 24.3 Å². The summed E-state index contributed by atoms with van der Waals surface area (Å²) in [5.74, 6) is 0.601. The minimum absolute atomic E-state index is 0.0160. The lowest BCUT2D eigenvalue weighted by Gasteiger charge is -2.33. The van der Waals surface area contributed by atoms with Gasteiger partial charge in [0.05, 0.1) is 25.2 Å². The molecule has 1 fully saturated rings. The third-order valence-corrected chi connectivity index (χ3v) is 9.53. The zero-order valence-electron chi connectivity index (χ0n) is 22.0. The van der Waals surface area contributed by atoms with Crippen molar-refractivity contribution in [2.45, 2.75) is 42.8 Å². The van der Waals surface area contributed by atoms with Gasteiger partial charge in [0.2, 0.25) is 16.3 Å². The Labute approximate surface area is 243 Å². The second-order valence-electron chi connectivity index (χ2n) is 9.50. The summed E-state index contributed by atoms with van der Waals surface area (Å²) in [4.78, 5) is 15.2. The van der Waals surface area contributed by atoms with Gasteiger partial charge in [-0.3, -0.25) is 4.79 Å². The molecule has 0 aliphatic carbocycles. The molecule has 2 aromatic rings. The fourth-order valence-electron chi connectivity index (χ4n) is 4.75. The number of halogens is 1. The Morgan fingerprint density at radius 1 is 1.08 bits per heavy atom. The second-order valence-corrected chi connectivity index (χ2v) is 12.7. The highest BCUT2D eigenvalue weighted by Crippen LogP contribution is 2.33. The van der Waals surface area contributed by atoms with E-state index < -0.39 is 16.3 Å². The van der Waals surface area contributed by atoms with Crippen LogP contribution in [0, 0.1) is 3.57 Å². The number of methoxy groups -OCH3 is 1. The van der Waals surface area contributed by atoms with E-state index in [4.69, 9.17) is 14.2 Å². The van der Waals surface area contributed by atoms with Crippen molar-refractivity contribution in [3.05, 3.63) is 69.5 Å². The quantitative estimate of drug-likeness (QED) is 0.364. The highest BCUT2D eigenvalue weighted by molar-refractivity contribution is 14.1. The maximum absolute atomic E-state index is 13.3. The van der Waals surface area contributed by atoms with Crippen LogP contribution in [0.25, 0.3) is 0 Å².